The van der Waals surface area contributed by atoms with Gasteiger partial charge in [-0.15, -0.1) is 11.3 Å². The molecule has 2 aromatic heterocycles. The van der Waals surface area contributed by atoms with Gasteiger partial charge in [0.05, 0.1) is 11.6 Å². The van der Waals surface area contributed by atoms with Gasteiger partial charge in [-0.05, 0) is 34.5 Å². The quantitative estimate of drug-likeness (QED) is 0.878. The zero-order valence-corrected chi connectivity index (χ0v) is 12.2. The SMILES string of the molecule is CCC(NC(=O)c1cccnc1Br)c1nccs1. The molecule has 0 spiro atoms. The predicted molar refractivity (Wildman–Crippen MR) is 74.5 cm³/mol. The molecule has 0 aromatic carbocycles. The first-order valence-corrected chi connectivity index (χ1v) is 7.20. The molecule has 0 aliphatic carbocycles. The Morgan fingerprint density at radius 2 is 2.33 bits per heavy atom. The lowest BCUT2D eigenvalue weighted by atomic mass is 10.2. The summed E-state index contributed by atoms with van der Waals surface area (Å²) in [6.07, 6.45) is 4.19. The van der Waals surface area contributed by atoms with E-state index in [0.29, 0.717) is 10.2 Å². The van der Waals surface area contributed by atoms with Crippen molar-refractivity contribution in [1.82, 2.24) is 15.3 Å². The Morgan fingerprint density at radius 1 is 1.50 bits per heavy atom. The van der Waals surface area contributed by atoms with E-state index in [0.717, 1.165) is 11.4 Å². The molecule has 1 atom stereocenters. The smallest absolute Gasteiger partial charge is 0.254 e. The number of thiazole rings is 1. The lowest BCUT2D eigenvalue weighted by Crippen LogP contribution is -2.28. The van der Waals surface area contributed by atoms with E-state index < -0.39 is 0 Å². The maximum absolute atomic E-state index is 12.1. The highest BCUT2D eigenvalue weighted by Gasteiger charge is 2.17. The number of amides is 1. The summed E-state index contributed by atoms with van der Waals surface area (Å²) in [6, 6.07) is 3.43. The van der Waals surface area contributed by atoms with Crippen LogP contribution < -0.4 is 5.32 Å². The third-order valence-electron chi connectivity index (χ3n) is 2.47. The van der Waals surface area contributed by atoms with Crippen LogP contribution in [0.1, 0.15) is 34.8 Å². The molecule has 0 aliphatic rings. The van der Waals surface area contributed by atoms with E-state index in [4.69, 9.17) is 0 Å². The van der Waals surface area contributed by atoms with Gasteiger partial charge >= 0.3 is 0 Å². The summed E-state index contributed by atoms with van der Waals surface area (Å²) in [6.45, 7) is 2.02. The normalized spacial score (nSPS) is 12.1. The van der Waals surface area contributed by atoms with Gasteiger partial charge < -0.3 is 5.32 Å². The fourth-order valence-corrected chi connectivity index (χ4v) is 2.74. The predicted octanol–water partition coefficient (Wildman–Crippen LogP) is 3.18. The molecular weight excluding hydrogens is 314 g/mol. The highest BCUT2D eigenvalue weighted by atomic mass is 79.9. The lowest BCUT2D eigenvalue weighted by molar-refractivity contribution is 0.0934. The van der Waals surface area contributed by atoms with E-state index in [1.54, 1.807) is 35.9 Å². The lowest BCUT2D eigenvalue weighted by Gasteiger charge is -2.14. The summed E-state index contributed by atoms with van der Waals surface area (Å²) < 4.78 is 0.552. The summed E-state index contributed by atoms with van der Waals surface area (Å²) in [5.74, 6) is -0.142. The Hall–Kier alpha value is -1.27. The van der Waals surface area contributed by atoms with E-state index in [2.05, 4.69) is 31.2 Å². The van der Waals surface area contributed by atoms with E-state index in [9.17, 15) is 4.79 Å². The molecule has 6 heteroatoms. The minimum atomic E-state index is -0.142. The van der Waals surface area contributed by atoms with Crippen LogP contribution >= 0.6 is 27.3 Å². The highest BCUT2D eigenvalue weighted by molar-refractivity contribution is 9.10. The van der Waals surface area contributed by atoms with Crippen molar-refractivity contribution in [2.45, 2.75) is 19.4 Å². The first kappa shape index (κ1) is 13.2. The maximum atomic E-state index is 12.1. The van der Waals surface area contributed by atoms with Gasteiger partial charge in [0.25, 0.3) is 5.91 Å². The molecule has 0 bridgehead atoms. The standard InChI is InChI=1S/C12H12BrN3OS/c1-2-9(12-15-6-7-18-12)16-11(17)8-4-3-5-14-10(8)13/h3-7,9H,2H2,1H3,(H,16,17). The van der Waals surface area contributed by atoms with Crippen molar-refractivity contribution >= 4 is 33.2 Å². The van der Waals surface area contributed by atoms with Crippen molar-refractivity contribution in [2.24, 2.45) is 0 Å². The summed E-state index contributed by atoms with van der Waals surface area (Å²) in [4.78, 5) is 20.4. The van der Waals surface area contributed by atoms with Gasteiger partial charge in [0, 0.05) is 17.8 Å². The molecule has 4 nitrogen and oxygen atoms in total. The first-order chi connectivity index (χ1) is 8.72. The van der Waals surface area contributed by atoms with Crippen LogP contribution in [0.2, 0.25) is 0 Å². The van der Waals surface area contributed by atoms with Gasteiger partial charge in [-0.3, -0.25) is 4.79 Å². The number of nitrogens with zero attached hydrogens (tertiary/aromatic N) is 2. The molecule has 0 fully saturated rings. The third-order valence-corrected chi connectivity index (χ3v) is 3.99. The first-order valence-electron chi connectivity index (χ1n) is 5.53. The van der Waals surface area contributed by atoms with Crippen LogP contribution in [0.5, 0.6) is 0 Å². The van der Waals surface area contributed by atoms with Crippen LogP contribution in [-0.4, -0.2) is 15.9 Å². The van der Waals surface area contributed by atoms with Gasteiger partial charge in [0.15, 0.2) is 0 Å². The zero-order valence-electron chi connectivity index (χ0n) is 9.76. The topological polar surface area (TPSA) is 54.9 Å². The number of carbonyl (C=O) groups excluding carboxylic acids is 1. The second kappa shape index (κ2) is 6.06. The number of rotatable bonds is 4. The fraction of sp³-hybridized carbons (Fsp3) is 0.250. The average Bonchev–Trinajstić information content (AvgIpc) is 2.90. The second-order valence-electron chi connectivity index (χ2n) is 3.65. The Labute approximate surface area is 118 Å². The van der Waals surface area contributed by atoms with Crippen molar-refractivity contribution in [1.29, 1.82) is 0 Å². The molecule has 1 amide bonds. The molecule has 2 aromatic rings. The molecule has 0 saturated carbocycles. The number of carbonyl (C=O) groups is 1. The number of hydrogen-bond acceptors (Lipinski definition) is 4. The second-order valence-corrected chi connectivity index (χ2v) is 5.32. The van der Waals surface area contributed by atoms with E-state index in [1.165, 1.54) is 0 Å². The number of aromatic nitrogens is 2. The fourth-order valence-electron chi connectivity index (χ4n) is 1.54. The van der Waals surface area contributed by atoms with Crippen LogP contribution in [0.25, 0.3) is 0 Å². The molecular formula is C12H12BrN3OS. The summed E-state index contributed by atoms with van der Waals surface area (Å²) in [5.41, 5.74) is 0.535. The number of nitrogens with one attached hydrogen (secondary N) is 1. The summed E-state index contributed by atoms with van der Waals surface area (Å²) in [7, 11) is 0. The third kappa shape index (κ3) is 2.94. The summed E-state index contributed by atoms with van der Waals surface area (Å²) >= 11 is 4.82. The Bertz CT molecular complexity index is 530. The molecule has 2 rings (SSSR count). The molecule has 1 N–H and O–H groups in total. The monoisotopic (exact) mass is 325 g/mol. The van der Waals surface area contributed by atoms with Gasteiger partial charge in [-0.2, -0.15) is 0 Å². The van der Waals surface area contributed by atoms with Crippen LogP contribution in [0, 0.1) is 0 Å². The van der Waals surface area contributed by atoms with Crippen molar-refractivity contribution < 1.29 is 4.79 Å². The van der Waals surface area contributed by atoms with Gasteiger partial charge in [-0.1, -0.05) is 6.92 Å². The number of hydrogen-bond donors (Lipinski definition) is 1. The van der Waals surface area contributed by atoms with Crippen molar-refractivity contribution in [3.05, 3.63) is 45.1 Å². The van der Waals surface area contributed by atoms with Crippen LogP contribution in [0.3, 0.4) is 0 Å². The highest BCUT2D eigenvalue weighted by Crippen LogP contribution is 2.20. The van der Waals surface area contributed by atoms with Crippen molar-refractivity contribution in [3.63, 3.8) is 0 Å². The van der Waals surface area contributed by atoms with E-state index in [-0.39, 0.29) is 11.9 Å². The van der Waals surface area contributed by atoms with E-state index in [1.807, 2.05) is 12.3 Å². The molecule has 2 heterocycles. The van der Waals surface area contributed by atoms with Crippen molar-refractivity contribution in [3.8, 4) is 0 Å². The van der Waals surface area contributed by atoms with Gasteiger partial charge in [0.2, 0.25) is 0 Å². The Morgan fingerprint density at radius 3 is 2.94 bits per heavy atom. The Balaban J connectivity index is 2.14. The largest absolute Gasteiger partial charge is 0.343 e. The minimum absolute atomic E-state index is 0.0513. The van der Waals surface area contributed by atoms with E-state index >= 15 is 0 Å². The summed E-state index contributed by atoms with van der Waals surface area (Å²) in [5, 5.41) is 5.79. The number of halogens is 1. The van der Waals surface area contributed by atoms with Crippen LogP contribution in [0.15, 0.2) is 34.5 Å². The van der Waals surface area contributed by atoms with Gasteiger partial charge in [0.1, 0.15) is 9.61 Å². The molecule has 0 radical (unpaired) electrons. The molecule has 18 heavy (non-hydrogen) atoms. The molecule has 1 unspecified atom stereocenters. The molecule has 0 saturated heterocycles. The van der Waals surface area contributed by atoms with Gasteiger partial charge in [-0.25, -0.2) is 9.97 Å². The van der Waals surface area contributed by atoms with Crippen molar-refractivity contribution in [2.75, 3.05) is 0 Å². The average molecular weight is 326 g/mol. The Kier molecular flexibility index (Phi) is 4.43. The molecule has 0 aliphatic heterocycles. The number of pyridine rings is 1. The molecule has 94 valence electrons. The maximum Gasteiger partial charge on any atom is 0.254 e. The zero-order chi connectivity index (χ0) is 13.0. The minimum Gasteiger partial charge on any atom is -0.343 e. The van der Waals surface area contributed by atoms with Crippen LogP contribution in [-0.2, 0) is 0 Å². The van der Waals surface area contributed by atoms with Crippen LogP contribution in [0.4, 0.5) is 0 Å².